The van der Waals surface area contributed by atoms with E-state index in [1.165, 1.54) is 12.1 Å². The first-order valence-electron chi connectivity index (χ1n) is 6.17. The van der Waals surface area contributed by atoms with Crippen LogP contribution in [0.2, 0.25) is 0 Å². The fraction of sp³-hybridized carbons (Fsp3) is 0.200. The van der Waals surface area contributed by atoms with Crippen molar-refractivity contribution >= 4 is 21.6 Å². The second-order valence-corrected chi connectivity index (χ2v) is 5.44. The first-order chi connectivity index (χ1) is 9.22. The average molecular weight is 322 g/mol. The lowest BCUT2D eigenvalue weighted by molar-refractivity contribution is 0.274. The van der Waals surface area contributed by atoms with E-state index in [0.29, 0.717) is 6.61 Å². The molecule has 0 spiro atoms. The Hall–Kier alpha value is -1.55. The largest absolute Gasteiger partial charge is 0.493 e. The minimum atomic E-state index is -0.230. The average Bonchev–Trinajstić information content (AvgIpc) is 2.39. The third kappa shape index (κ3) is 2.73. The highest BCUT2D eigenvalue weighted by atomic mass is 79.9. The smallest absolute Gasteiger partial charge is 0.125 e. The van der Waals surface area contributed by atoms with Crippen LogP contribution in [0.3, 0.4) is 0 Å². The van der Waals surface area contributed by atoms with Gasteiger partial charge in [0.2, 0.25) is 0 Å². The van der Waals surface area contributed by atoms with E-state index < -0.39 is 0 Å². The Labute approximate surface area is 119 Å². The zero-order chi connectivity index (χ0) is 13.2. The number of ether oxygens (including phenoxy) is 1. The molecule has 0 saturated heterocycles. The Bertz CT molecular complexity index is 602. The molecule has 0 fully saturated rings. The van der Waals surface area contributed by atoms with Crippen molar-refractivity contribution in [2.45, 2.75) is 12.5 Å². The van der Waals surface area contributed by atoms with Crippen molar-refractivity contribution in [2.75, 3.05) is 11.9 Å². The highest BCUT2D eigenvalue weighted by Gasteiger charge is 2.21. The molecule has 19 heavy (non-hydrogen) atoms. The lowest BCUT2D eigenvalue weighted by Crippen LogP contribution is -2.20. The van der Waals surface area contributed by atoms with Gasteiger partial charge in [-0.2, -0.15) is 0 Å². The minimum absolute atomic E-state index is 0.142. The molecule has 1 heterocycles. The fourth-order valence-electron chi connectivity index (χ4n) is 2.29. The van der Waals surface area contributed by atoms with Crippen molar-refractivity contribution in [3.63, 3.8) is 0 Å². The van der Waals surface area contributed by atoms with Gasteiger partial charge in [0.15, 0.2) is 0 Å². The van der Waals surface area contributed by atoms with E-state index in [2.05, 4.69) is 21.2 Å². The van der Waals surface area contributed by atoms with E-state index in [-0.39, 0.29) is 11.9 Å². The van der Waals surface area contributed by atoms with Gasteiger partial charge in [-0.3, -0.25) is 0 Å². The summed E-state index contributed by atoms with van der Waals surface area (Å²) >= 11 is 3.47. The highest BCUT2D eigenvalue weighted by molar-refractivity contribution is 9.10. The number of anilines is 1. The third-order valence-corrected chi connectivity index (χ3v) is 3.67. The molecule has 1 aliphatic rings. The van der Waals surface area contributed by atoms with Gasteiger partial charge in [-0.05, 0) is 36.4 Å². The summed E-state index contributed by atoms with van der Waals surface area (Å²) in [6.45, 7) is 0.668. The van der Waals surface area contributed by atoms with Gasteiger partial charge >= 0.3 is 0 Å². The van der Waals surface area contributed by atoms with Crippen molar-refractivity contribution in [1.29, 1.82) is 0 Å². The standard InChI is InChI=1S/C15H13BrFNO/c16-10-4-5-15-13(8-10)14(6-7-19-15)18-12-3-1-2-11(17)9-12/h1-5,8-9,14,18H,6-7H2. The molecule has 0 radical (unpaired) electrons. The number of hydrogen-bond donors (Lipinski definition) is 1. The highest BCUT2D eigenvalue weighted by Crippen LogP contribution is 2.36. The second-order valence-electron chi connectivity index (χ2n) is 4.53. The SMILES string of the molecule is Fc1cccc(NC2CCOc3ccc(Br)cc32)c1. The van der Waals surface area contributed by atoms with Crippen LogP contribution in [0, 0.1) is 5.82 Å². The molecule has 2 aromatic rings. The molecule has 1 N–H and O–H groups in total. The molecule has 0 aliphatic carbocycles. The van der Waals surface area contributed by atoms with Crippen molar-refractivity contribution in [1.82, 2.24) is 0 Å². The second kappa shape index (κ2) is 5.21. The fourth-order valence-corrected chi connectivity index (χ4v) is 2.67. The maximum atomic E-state index is 13.2. The minimum Gasteiger partial charge on any atom is -0.493 e. The van der Waals surface area contributed by atoms with Gasteiger partial charge in [-0.25, -0.2) is 4.39 Å². The van der Waals surface area contributed by atoms with Crippen LogP contribution >= 0.6 is 15.9 Å². The topological polar surface area (TPSA) is 21.3 Å². The van der Waals surface area contributed by atoms with Gasteiger partial charge < -0.3 is 10.1 Å². The normalized spacial score (nSPS) is 17.5. The van der Waals surface area contributed by atoms with Crippen LogP contribution in [0.5, 0.6) is 5.75 Å². The summed E-state index contributed by atoms with van der Waals surface area (Å²) in [4.78, 5) is 0. The zero-order valence-corrected chi connectivity index (χ0v) is 11.8. The Morgan fingerprint density at radius 2 is 2.11 bits per heavy atom. The predicted octanol–water partition coefficient (Wildman–Crippen LogP) is 4.52. The molecule has 0 bridgehead atoms. The molecule has 0 saturated carbocycles. The van der Waals surface area contributed by atoms with Gasteiger partial charge in [0.25, 0.3) is 0 Å². The van der Waals surface area contributed by atoms with Crippen molar-refractivity contribution in [2.24, 2.45) is 0 Å². The maximum absolute atomic E-state index is 13.2. The van der Waals surface area contributed by atoms with Crippen molar-refractivity contribution < 1.29 is 9.13 Å². The van der Waals surface area contributed by atoms with E-state index in [1.54, 1.807) is 6.07 Å². The quantitative estimate of drug-likeness (QED) is 0.877. The first-order valence-corrected chi connectivity index (χ1v) is 6.96. The Kier molecular flexibility index (Phi) is 3.42. The molecule has 98 valence electrons. The van der Waals surface area contributed by atoms with Gasteiger partial charge in [-0.15, -0.1) is 0 Å². The molecule has 1 atom stereocenters. The molecule has 0 aromatic heterocycles. The number of hydrogen-bond acceptors (Lipinski definition) is 2. The van der Waals surface area contributed by atoms with Crippen LogP contribution in [0.15, 0.2) is 46.9 Å². The van der Waals surface area contributed by atoms with Gasteiger partial charge in [0.1, 0.15) is 11.6 Å². The third-order valence-electron chi connectivity index (χ3n) is 3.18. The predicted molar refractivity (Wildman–Crippen MR) is 77.0 cm³/mol. The van der Waals surface area contributed by atoms with Crippen LogP contribution in [0.25, 0.3) is 0 Å². The van der Waals surface area contributed by atoms with Crippen molar-refractivity contribution in [3.05, 3.63) is 58.3 Å². The van der Waals surface area contributed by atoms with Crippen LogP contribution in [-0.2, 0) is 0 Å². The van der Waals surface area contributed by atoms with Crippen LogP contribution in [0.4, 0.5) is 10.1 Å². The maximum Gasteiger partial charge on any atom is 0.125 e. The first kappa shape index (κ1) is 12.5. The molecular formula is C15H13BrFNO. The monoisotopic (exact) mass is 321 g/mol. The van der Waals surface area contributed by atoms with E-state index in [4.69, 9.17) is 4.74 Å². The summed E-state index contributed by atoms with van der Waals surface area (Å²) in [7, 11) is 0. The number of fused-ring (bicyclic) bond motifs is 1. The van der Waals surface area contributed by atoms with Crippen LogP contribution in [-0.4, -0.2) is 6.61 Å². The van der Waals surface area contributed by atoms with Gasteiger partial charge in [-0.1, -0.05) is 22.0 Å². The molecule has 4 heteroatoms. The van der Waals surface area contributed by atoms with E-state index in [1.807, 2.05) is 24.3 Å². The molecular weight excluding hydrogens is 309 g/mol. The van der Waals surface area contributed by atoms with E-state index in [0.717, 1.165) is 27.9 Å². The number of nitrogens with one attached hydrogen (secondary N) is 1. The van der Waals surface area contributed by atoms with Crippen LogP contribution < -0.4 is 10.1 Å². The molecule has 2 nitrogen and oxygen atoms in total. The van der Waals surface area contributed by atoms with Gasteiger partial charge in [0, 0.05) is 22.1 Å². The Balaban J connectivity index is 1.89. The lowest BCUT2D eigenvalue weighted by Gasteiger charge is -2.27. The number of halogens is 2. The molecule has 2 aromatic carbocycles. The number of rotatable bonds is 2. The summed E-state index contributed by atoms with van der Waals surface area (Å²) in [6, 6.07) is 12.6. The van der Waals surface area contributed by atoms with Gasteiger partial charge in [0.05, 0.1) is 12.6 Å². The zero-order valence-electron chi connectivity index (χ0n) is 10.2. The van der Waals surface area contributed by atoms with E-state index in [9.17, 15) is 4.39 Å². The summed E-state index contributed by atoms with van der Waals surface area (Å²) in [5.41, 5.74) is 1.89. The summed E-state index contributed by atoms with van der Waals surface area (Å²) in [5, 5.41) is 3.36. The van der Waals surface area contributed by atoms with Crippen molar-refractivity contribution in [3.8, 4) is 5.75 Å². The number of benzene rings is 2. The lowest BCUT2D eigenvalue weighted by atomic mass is 10.0. The summed E-state index contributed by atoms with van der Waals surface area (Å²) in [5.74, 6) is 0.662. The molecule has 1 unspecified atom stereocenters. The molecule has 0 amide bonds. The van der Waals surface area contributed by atoms with E-state index >= 15 is 0 Å². The van der Waals surface area contributed by atoms with Crippen LogP contribution in [0.1, 0.15) is 18.0 Å². The summed E-state index contributed by atoms with van der Waals surface area (Å²) < 4.78 is 19.9. The Morgan fingerprint density at radius 3 is 2.95 bits per heavy atom. The molecule has 3 rings (SSSR count). The Morgan fingerprint density at radius 1 is 1.21 bits per heavy atom. The molecule has 1 aliphatic heterocycles. The summed E-state index contributed by atoms with van der Waals surface area (Å²) in [6.07, 6.45) is 0.861.